The number of carboxylic acid groups (broad SMARTS) is 2. The zero-order valence-electron chi connectivity index (χ0n) is 21.0. The van der Waals surface area contributed by atoms with Gasteiger partial charge in [0.05, 0.1) is 12.1 Å². The number of oxime groups is 1. The van der Waals surface area contributed by atoms with E-state index in [0.717, 1.165) is 16.2 Å². The summed E-state index contributed by atoms with van der Waals surface area (Å²) in [7, 11) is -3.47. The van der Waals surface area contributed by atoms with E-state index in [-0.39, 0.29) is 40.2 Å². The molecule has 21 heteroatoms. The maximum Gasteiger partial charge on any atom is 0.429 e. The summed E-state index contributed by atoms with van der Waals surface area (Å²) in [6.45, 7) is 1.70. The minimum Gasteiger partial charge on any atom is -0.481 e. The molecule has 2 aromatic rings. The lowest BCUT2D eigenvalue weighted by molar-refractivity contribution is -0.150. The van der Waals surface area contributed by atoms with Crippen LogP contribution in [0.1, 0.15) is 16.3 Å². The van der Waals surface area contributed by atoms with Crippen LogP contribution in [0.2, 0.25) is 0 Å². The molecule has 0 radical (unpaired) electrons. The number of carboxylic acids is 2. The van der Waals surface area contributed by atoms with E-state index in [1.165, 1.54) is 47.4 Å². The summed E-state index contributed by atoms with van der Waals surface area (Å²) in [6.07, 6.45) is -0.162. The van der Waals surface area contributed by atoms with Crippen molar-refractivity contribution in [3.05, 3.63) is 32.9 Å². The molecule has 0 saturated carbocycles. The molecular formula is C20H21N6O10PS4. The summed E-state index contributed by atoms with van der Waals surface area (Å²) in [4.78, 5) is 82.0. The van der Waals surface area contributed by atoms with Gasteiger partial charge in [0.1, 0.15) is 29.9 Å². The molecule has 1 fully saturated rings. The summed E-state index contributed by atoms with van der Waals surface area (Å²) < 4.78 is 11.7. The van der Waals surface area contributed by atoms with Crippen LogP contribution in [0, 0.1) is 6.92 Å². The number of rotatable bonds is 12. The maximum atomic E-state index is 13.0. The van der Waals surface area contributed by atoms with Crippen molar-refractivity contribution in [1.29, 1.82) is 0 Å². The van der Waals surface area contributed by atoms with Crippen LogP contribution in [0.25, 0.3) is 0 Å². The zero-order chi connectivity index (χ0) is 30.1. The van der Waals surface area contributed by atoms with Gasteiger partial charge >= 0.3 is 19.7 Å². The van der Waals surface area contributed by atoms with Crippen LogP contribution in [0.3, 0.4) is 0 Å². The van der Waals surface area contributed by atoms with Gasteiger partial charge in [0.15, 0.2) is 15.2 Å². The molecule has 4 rings (SSSR count). The number of carbonyl (C=O) groups is 4. The van der Waals surface area contributed by atoms with Crippen molar-refractivity contribution < 1.29 is 48.6 Å². The number of aromatic nitrogens is 2. The standard InChI is InChI=1S/C20H21N6O10PS4/c1-7-10(3-11(27)28)41-20(21-7)40-5-8-4-38-17-13(16(30)26(17)14(8)18(31)32)23-15(29)12(24-36-2)9-6-39-19(22-9)25-37(33,34)35/h6,13,17H,3-5H2,1-2H3,(H,23,29)(H,27,28)(H,31,32)(H3,22,25,33,34,35)/b24-12-/t13-,17-/m1/s1. The highest BCUT2D eigenvalue weighted by Gasteiger charge is 2.54. The number of thiazole rings is 2. The van der Waals surface area contributed by atoms with Crippen LogP contribution in [0.4, 0.5) is 5.13 Å². The van der Waals surface area contributed by atoms with Crippen LogP contribution >= 0.6 is 53.9 Å². The molecule has 4 heterocycles. The van der Waals surface area contributed by atoms with Gasteiger partial charge in [-0.1, -0.05) is 16.9 Å². The predicted molar refractivity (Wildman–Crippen MR) is 150 cm³/mol. The third kappa shape index (κ3) is 7.08. The molecular weight excluding hydrogens is 643 g/mol. The number of amides is 2. The summed E-state index contributed by atoms with van der Waals surface area (Å²) in [5, 5.41) is 27.4. The molecule has 2 amide bonds. The SMILES string of the molecule is CO/N=C(\C(=O)N[C@@H]1C(=O)N2C(C(=O)O)=C(CSc3nc(C)c(CC(=O)O)s3)CS[C@H]12)c1csc(NP(=O)(O)O)n1. The van der Waals surface area contributed by atoms with E-state index in [4.69, 9.17) is 19.7 Å². The molecule has 16 nitrogen and oxygen atoms in total. The van der Waals surface area contributed by atoms with Gasteiger partial charge in [0.2, 0.25) is 0 Å². The van der Waals surface area contributed by atoms with E-state index >= 15 is 0 Å². The molecule has 1 saturated heterocycles. The lowest BCUT2D eigenvalue weighted by Gasteiger charge is -2.49. The van der Waals surface area contributed by atoms with Crippen molar-refractivity contribution in [3.63, 3.8) is 0 Å². The molecule has 0 unspecified atom stereocenters. The topological polar surface area (TPSA) is 241 Å². The largest absolute Gasteiger partial charge is 0.481 e. The van der Waals surface area contributed by atoms with E-state index in [2.05, 4.69) is 20.4 Å². The number of nitrogens with zero attached hydrogens (tertiary/aromatic N) is 4. The van der Waals surface area contributed by atoms with E-state index in [9.17, 15) is 28.8 Å². The van der Waals surface area contributed by atoms with Crippen molar-refractivity contribution in [2.24, 2.45) is 5.16 Å². The number of anilines is 1. The Morgan fingerprint density at radius 1 is 1.29 bits per heavy atom. The number of hydrogen-bond acceptors (Lipinski definition) is 13. The van der Waals surface area contributed by atoms with Crippen molar-refractivity contribution >= 4 is 88.5 Å². The predicted octanol–water partition coefficient (Wildman–Crippen LogP) is 0.921. The molecule has 2 atom stereocenters. The number of thioether (sulfide) groups is 2. The molecule has 220 valence electrons. The quantitative estimate of drug-likeness (QED) is 0.0608. The second-order valence-corrected chi connectivity index (χ2v) is 13.9. The maximum absolute atomic E-state index is 13.0. The molecule has 2 aliphatic rings. The number of carbonyl (C=O) groups excluding carboxylic acids is 2. The Balaban J connectivity index is 1.46. The Labute approximate surface area is 247 Å². The molecule has 0 spiro atoms. The summed E-state index contributed by atoms with van der Waals surface area (Å²) in [6, 6.07) is -1.08. The Kier molecular flexibility index (Phi) is 9.42. The Bertz CT molecular complexity index is 1520. The highest BCUT2D eigenvalue weighted by Crippen LogP contribution is 2.42. The van der Waals surface area contributed by atoms with Gasteiger partial charge in [0, 0.05) is 21.8 Å². The molecule has 6 N–H and O–H groups in total. The van der Waals surface area contributed by atoms with Crippen molar-refractivity contribution in [2.75, 3.05) is 23.7 Å². The third-order valence-corrected chi connectivity index (χ3v) is 10.6. The van der Waals surface area contributed by atoms with Crippen LogP contribution in [0.5, 0.6) is 0 Å². The van der Waals surface area contributed by atoms with Crippen molar-refractivity contribution in [1.82, 2.24) is 20.2 Å². The summed E-state index contributed by atoms with van der Waals surface area (Å²) in [5.74, 6) is -3.34. The van der Waals surface area contributed by atoms with Crippen LogP contribution in [0.15, 0.2) is 26.1 Å². The molecule has 2 aromatic heterocycles. The monoisotopic (exact) mass is 664 g/mol. The van der Waals surface area contributed by atoms with E-state index in [1.54, 1.807) is 6.92 Å². The molecule has 2 aliphatic heterocycles. The molecule has 0 bridgehead atoms. The number of hydrogen-bond donors (Lipinski definition) is 6. The van der Waals surface area contributed by atoms with Gasteiger partial charge in [-0.3, -0.25) is 24.4 Å². The highest BCUT2D eigenvalue weighted by atomic mass is 32.2. The van der Waals surface area contributed by atoms with Gasteiger partial charge < -0.3 is 30.2 Å². The molecule has 41 heavy (non-hydrogen) atoms. The van der Waals surface area contributed by atoms with E-state index in [1.807, 2.05) is 5.09 Å². The number of β-lactam (4-membered cyclic amide) rings is 1. The van der Waals surface area contributed by atoms with E-state index in [0.29, 0.717) is 20.5 Å². The number of aryl methyl sites for hydroxylation is 1. The zero-order valence-corrected chi connectivity index (χ0v) is 25.1. The second-order valence-electron chi connectivity index (χ2n) is 8.28. The van der Waals surface area contributed by atoms with Crippen LogP contribution in [-0.2, 0) is 35.0 Å². The third-order valence-electron chi connectivity index (χ3n) is 5.48. The van der Waals surface area contributed by atoms with Gasteiger partial charge in [-0.05, 0) is 12.5 Å². The summed E-state index contributed by atoms with van der Waals surface area (Å²) >= 11 is 4.52. The first kappa shape index (κ1) is 30.9. The average molecular weight is 665 g/mol. The minimum atomic E-state index is -4.64. The first-order valence-corrected chi connectivity index (χ1v) is 16.6. The lowest BCUT2D eigenvalue weighted by Crippen LogP contribution is -2.71. The molecule has 0 aromatic carbocycles. The number of nitrogens with one attached hydrogen (secondary N) is 2. The second kappa shape index (κ2) is 12.5. The number of fused-ring (bicyclic) bond motifs is 1. The summed E-state index contributed by atoms with van der Waals surface area (Å²) in [5.41, 5.74) is 0.449. The first-order chi connectivity index (χ1) is 19.3. The fourth-order valence-electron chi connectivity index (χ4n) is 3.77. The van der Waals surface area contributed by atoms with Crippen molar-refractivity contribution in [2.45, 2.75) is 29.1 Å². The minimum absolute atomic E-state index is 0.0698. The average Bonchev–Trinajstić information content (AvgIpc) is 3.47. The highest BCUT2D eigenvalue weighted by molar-refractivity contribution is 8.01. The fraction of sp³-hybridized carbons (Fsp3) is 0.350. The Hall–Kier alpha value is -3.00. The smallest absolute Gasteiger partial charge is 0.429 e. The molecule has 0 aliphatic carbocycles. The normalized spacial score (nSPS) is 19.0. The van der Waals surface area contributed by atoms with Crippen molar-refractivity contribution in [3.8, 4) is 0 Å². The van der Waals surface area contributed by atoms with Gasteiger partial charge in [0.25, 0.3) is 11.8 Å². The van der Waals surface area contributed by atoms with Gasteiger partial charge in [-0.25, -0.2) is 19.3 Å². The van der Waals surface area contributed by atoms with Gasteiger partial charge in [-0.2, -0.15) is 0 Å². The lowest BCUT2D eigenvalue weighted by atomic mass is 10.0. The van der Waals surface area contributed by atoms with Crippen LogP contribution < -0.4 is 10.4 Å². The first-order valence-electron chi connectivity index (χ1n) is 11.2. The van der Waals surface area contributed by atoms with E-state index < -0.39 is 42.9 Å². The van der Waals surface area contributed by atoms with Gasteiger partial charge in [-0.15, -0.1) is 34.4 Å². The fourth-order valence-corrected chi connectivity index (χ4v) is 8.89. The Morgan fingerprint density at radius 2 is 2.02 bits per heavy atom. The number of aliphatic carboxylic acids is 2. The van der Waals surface area contributed by atoms with Crippen LogP contribution in [-0.4, -0.2) is 94.4 Å². The Morgan fingerprint density at radius 3 is 2.66 bits per heavy atom.